The van der Waals surface area contributed by atoms with Crippen molar-refractivity contribution in [3.8, 4) is 0 Å². The summed E-state index contributed by atoms with van der Waals surface area (Å²) in [5.41, 5.74) is 0. The molecule has 0 aromatic heterocycles. The predicted molar refractivity (Wildman–Crippen MR) is 103 cm³/mol. The van der Waals surface area contributed by atoms with Crippen molar-refractivity contribution in [3.63, 3.8) is 0 Å². The van der Waals surface area contributed by atoms with Crippen LogP contribution in [0.1, 0.15) is 27.7 Å². The van der Waals surface area contributed by atoms with Crippen molar-refractivity contribution in [1.29, 1.82) is 0 Å². The first-order valence-electron chi connectivity index (χ1n) is 8.30. The van der Waals surface area contributed by atoms with Crippen LogP contribution >= 0.6 is 15.7 Å². The van der Waals surface area contributed by atoms with Gasteiger partial charge in [0.15, 0.2) is 0 Å². The Morgan fingerprint density at radius 3 is 1.31 bits per heavy atom. The molecule has 0 fully saturated rings. The maximum absolute atomic E-state index is 11.8. The van der Waals surface area contributed by atoms with Gasteiger partial charge in [-0.05, 0) is 0 Å². The van der Waals surface area contributed by atoms with Crippen molar-refractivity contribution in [1.82, 2.24) is 0 Å². The molecule has 0 saturated carbocycles. The van der Waals surface area contributed by atoms with Crippen LogP contribution in [0.3, 0.4) is 0 Å². The Hall–Kier alpha value is -1.28. The minimum absolute atomic E-state index is 0.0756. The van der Waals surface area contributed by atoms with E-state index in [1.54, 1.807) is 27.7 Å². The molecular weight excluding hydrogens is 386 g/mol. The topological polar surface area (TPSA) is 123 Å². The van der Waals surface area contributed by atoms with E-state index in [-0.39, 0.29) is 37.0 Å². The van der Waals surface area contributed by atoms with Gasteiger partial charge in [0.25, 0.3) is 0 Å². The van der Waals surface area contributed by atoms with E-state index in [0.29, 0.717) is 0 Å². The summed E-state index contributed by atoms with van der Waals surface area (Å²) < 4.78 is 20.7. The minimum atomic E-state index is -4.03. The zero-order valence-electron chi connectivity index (χ0n) is 15.3. The molecule has 0 atom stereocenters. The molecule has 0 aliphatic heterocycles. The summed E-state index contributed by atoms with van der Waals surface area (Å²) in [6, 6.07) is 5.83. The van der Waals surface area contributed by atoms with E-state index in [1.807, 2.05) is 0 Å². The van der Waals surface area contributed by atoms with Crippen LogP contribution in [-0.4, -0.2) is 35.8 Å². The molecular formula is C14H26N2O8P2. The first-order chi connectivity index (χ1) is 12.3. The summed E-state index contributed by atoms with van der Waals surface area (Å²) in [7, 11) is -8.06. The molecule has 10 nitrogen and oxygen atoms in total. The van der Waals surface area contributed by atoms with Gasteiger partial charge in [0.05, 0.1) is 0 Å². The van der Waals surface area contributed by atoms with Gasteiger partial charge in [0.1, 0.15) is 0 Å². The normalized spacial score (nSPS) is 13.4. The fourth-order valence-electron chi connectivity index (χ4n) is 2.53. The molecule has 0 saturated heterocycles. The van der Waals surface area contributed by atoms with E-state index in [9.17, 15) is 20.2 Å². The maximum atomic E-state index is 11.8. The van der Waals surface area contributed by atoms with Crippen LogP contribution in [-0.2, 0) is 18.1 Å². The molecule has 0 N–H and O–H groups in total. The van der Waals surface area contributed by atoms with Gasteiger partial charge in [-0.15, -0.1) is 0 Å². The van der Waals surface area contributed by atoms with Gasteiger partial charge in [-0.3, -0.25) is 0 Å². The molecule has 1 aromatic rings. The zero-order chi connectivity index (χ0) is 19.8. The van der Waals surface area contributed by atoms with Crippen LogP contribution in [0, 0.1) is 20.2 Å². The fourth-order valence-corrected chi connectivity index (χ4v) is 7.21. The Morgan fingerprint density at radius 1 is 0.769 bits per heavy atom. The van der Waals surface area contributed by atoms with Crippen molar-refractivity contribution >= 4 is 26.3 Å². The SMILES string of the molecule is CCO[PH](OCC)(c1cccc([PH](OCC)(OCC)[N+](=O)[O-])c1)[N+](=O)[O-]. The Balaban J connectivity index is 3.59. The Labute approximate surface area is 153 Å². The number of nitrogens with zero attached hydrogens (tertiary/aromatic N) is 2. The third-order valence-corrected chi connectivity index (χ3v) is 9.20. The summed E-state index contributed by atoms with van der Waals surface area (Å²) in [4.78, 5) is 23.6. The molecule has 0 aliphatic carbocycles. The van der Waals surface area contributed by atoms with Crippen LogP contribution in [0.15, 0.2) is 24.3 Å². The first-order valence-corrected chi connectivity index (χ1v) is 11.8. The standard InChI is InChI=1S/C14H26N2O8P2/c1-5-21-25(15(17)18,22-6-2)13-10-9-11-14(12-13)26(16(19)20,23-7-3)24-8-4/h9-12,25-26H,5-8H2,1-4H3. The number of nitro groups is 2. The molecule has 1 rings (SSSR count). The molecule has 0 amide bonds. The van der Waals surface area contributed by atoms with E-state index >= 15 is 0 Å². The number of hydrogen-bond donors (Lipinski definition) is 0. The Kier molecular flexibility index (Phi) is 8.89. The van der Waals surface area contributed by atoms with Crippen molar-refractivity contribution in [3.05, 3.63) is 44.5 Å². The van der Waals surface area contributed by atoms with E-state index in [1.165, 1.54) is 24.3 Å². The third-order valence-electron chi connectivity index (χ3n) is 3.43. The van der Waals surface area contributed by atoms with E-state index < -0.39 is 25.1 Å². The van der Waals surface area contributed by atoms with Crippen LogP contribution in [0.4, 0.5) is 0 Å². The molecule has 0 radical (unpaired) electrons. The first kappa shape index (κ1) is 22.8. The van der Waals surface area contributed by atoms with Gasteiger partial charge in [0.2, 0.25) is 0 Å². The third kappa shape index (κ3) is 4.52. The monoisotopic (exact) mass is 412 g/mol. The molecule has 150 valence electrons. The Morgan fingerprint density at radius 2 is 1.08 bits per heavy atom. The second-order valence-corrected chi connectivity index (χ2v) is 10.4. The summed E-state index contributed by atoms with van der Waals surface area (Å²) >= 11 is 0. The van der Waals surface area contributed by atoms with Gasteiger partial charge in [-0.1, -0.05) is 0 Å². The quantitative estimate of drug-likeness (QED) is 0.292. The number of rotatable bonds is 12. The number of benzene rings is 1. The van der Waals surface area contributed by atoms with Crippen molar-refractivity contribution in [2.24, 2.45) is 0 Å². The van der Waals surface area contributed by atoms with Crippen LogP contribution in [0.2, 0.25) is 0 Å². The summed E-state index contributed by atoms with van der Waals surface area (Å²) in [5, 5.41) is 23.9. The van der Waals surface area contributed by atoms with Gasteiger partial charge in [-0.2, -0.15) is 0 Å². The Bertz CT molecular complexity index is 569. The van der Waals surface area contributed by atoms with Gasteiger partial charge >= 0.3 is 152 Å². The molecule has 0 bridgehead atoms. The van der Waals surface area contributed by atoms with E-state index in [4.69, 9.17) is 18.1 Å². The second-order valence-electron chi connectivity index (χ2n) is 4.99. The van der Waals surface area contributed by atoms with E-state index in [0.717, 1.165) is 0 Å². The molecule has 0 spiro atoms. The zero-order valence-corrected chi connectivity index (χ0v) is 17.3. The molecule has 0 aliphatic rings. The van der Waals surface area contributed by atoms with Gasteiger partial charge < -0.3 is 0 Å². The number of hydrogen-bond acceptors (Lipinski definition) is 8. The summed E-state index contributed by atoms with van der Waals surface area (Å²) in [5.74, 6) is 0. The van der Waals surface area contributed by atoms with E-state index in [2.05, 4.69) is 0 Å². The van der Waals surface area contributed by atoms with Crippen molar-refractivity contribution < 1.29 is 27.5 Å². The molecule has 0 heterocycles. The fraction of sp³-hybridized carbons (Fsp3) is 0.571. The molecule has 26 heavy (non-hydrogen) atoms. The van der Waals surface area contributed by atoms with Crippen LogP contribution < -0.4 is 10.6 Å². The average Bonchev–Trinajstić information content (AvgIpc) is 2.60. The summed E-state index contributed by atoms with van der Waals surface area (Å²) in [6.45, 7) is 6.82. The van der Waals surface area contributed by atoms with Gasteiger partial charge in [-0.25, -0.2) is 0 Å². The van der Waals surface area contributed by atoms with Crippen molar-refractivity contribution in [2.45, 2.75) is 27.7 Å². The van der Waals surface area contributed by atoms with Crippen LogP contribution in [0.5, 0.6) is 0 Å². The molecule has 12 heteroatoms. The summed E-state index contributed by atoms with van der Waals surface area (Å²) in [6.07, 6.45) is 0. The molecule has 0 unspecified atom stereocenters. The second kappa shape index (κ2) is 10.2. The molecule has 1 aromatic carbocycles. The predicted octanol–water partition coefficient (Wildman–Crippen LogP) is 2.63. The average molecular weight is 412 g/mol. The van der Waals surface area contributed by atoms with Crippen molar-refractivity contribution in [2.75, 3.05) is 26.4 Å². The van der Waals surface area contributed by atoms with Gasteiger partial charge in [0, 0.05) is 0 Å². The van der Waals surface area contributed by atoms with Crippen LogP contribution in [0.25, 0.3) is 0 Å².